The summed E-state index contributed by atoms with van der Waals surface area (Å²) in [5, 5.41) is 2.78. The number of hydrogen-bond acceptors (Lipinski definition) is 3. The Hall–Kier alpha value is -2.75. The van der Waals surface area contributed by atoms with Crippen molar-refractivity contribution in [2.75, 3.05) is 19.8 Å². The second kappa shape index (κ2) is 9.30. The van der Waals surface area contributed by atoms with Crippen LogP contribution in [-0.2, 0) is 4.79 Å². The molecule has 1 N–H and O–H groups in total. The summed E-state index contributed by atoms with van der Waals surface area (Å²) in [5.41, 5.74) is 0.880. The lowest BCUT2D eigenvalue weighted by Crippen LogP contribution is -2.26. The molecule has 0 aliphatic rings. The normalized spacial score (nSPS) is 10.5. The molecule has 4 nitrogen and oxygen atoms in total. The minimum Gasteiger partial charge on any atom is -0.493 e. The van der Waals surface area contributed by atoms with Gasteiger partial charge in [-0.2, -0.15) is 0 Å². The molecular weight excluding hydrogens is 290 g/mol. The van der Waals surface area contributed by atoms with Crippen LogP contribution in [0.3, 0.4) is 0 Å². The lowest BCUT2D eigenvalue weighted by Gasteiger charge is -2.07. The molecule has 0 spiro atoms. The van der Waals surface area contributed by atoms with Crippen LogP contribution in [0.25, 0.3) is 6.08 Å². The Morgan fingerprint density at radius 3 is 2.57 bits per heavy atom. The van der Waals surface area contributed by atoms with Crippen molar-refractivity contribution in [3.8, 4) is 11.5 Å². The Morgan fingerprint density at radius 1 is 1.04 bits per heavy atom. The van der Waals surface area contributed by atoms with Crippen molar-refractivity contribution in [3.05, 3.63) is 66.2 Å². The maximum Gasteiger partial charge on any atom is 0.244 e. The van der Waals surface area contributed by atoms with Gasteiger partial charge in [0.2, 0.25) is 5.91 Å². The zero-order valence-electron chi connectivity index (χ0n) is 13.2. The van der Waals surface area contributed by atoms with Gasteiger partial charge in [-0.15, -0.1) is 0 Å². The van der Waals surface area contributed by atoms with E-state index in [1.54, 1.807) is 6.08 Å². The number of para-hydroxylation sites is 2. The van der Waals surface area contributed by atoms with E-state index in [0.717, 1.165) is 17.1 Å². The standard InChI is InChI=1S/C19H21NO3/c1-2-22-18-11-7-6-8-16(18)12-13-19(21)20-14-15-23-17-9-4-3-5-10-17/h3-13H,2,14-15H2,1H3,(H,20,21). The summed E-state index contributed by atoms with van der Waals surface area (Å²) < 4.78 is 11.0. The molecule has 0 aliphatic carbocycles. The molecule has 0 saturated carbocycles. The first kappa shape index (κ1) is 16.6. The number of carbonyl (C=O) groups excluding carboxylic acids is 1. The van der Waals surface area contributed by atoms with Crippen molar-refractivity contribution in [1.82, 2.24) is 5.32 Å². The number of benzene rings is 2. The highest BCUT2D eigenvalue weighted by Gasteiger charge is 2.00. The minimum absolute atomic E-state index is 0.159. The van der Waals surface area contributed by atoms with Gasteiger partial charge in [-0.3, -0.25) is 4.79 Å². The van der Waals surface area contributed by atoms with Crippen LogP contribution in [0.2, 0.25) is 0 Å². The minimum atomic E-state index is -0.159. The van der Waals surface area contributed by atoms with E-state index in [1.807, 2.05) is 61.5 Å². The van der Waals surface area contributed by atoms with Crippen molar-refractivity contribution in [1.29, 1.82) is 0 Å². The molecule has 0 fully saturated rings. The average Bonchev–Trinajstić information content (AvgIpc) is 2.59. The van der Waals surface area contributed by atoms with Gasteiger partial charge in [0.25, 0.3) is 0 Å². The third-order valence-corrected chi connectivity index (χ3v) is 3.05. The summed E-state index contributed by atoms with van der Waals surface area (Å²) >= 11 is 0. The van der Waals surface area contributed by atoms with Crippen molar-refractivity contribution >= 4 is 12.0 Å². The van der Waals surface area contributed by atoms with E-state index in [0.29, 0.717) is 19.8 Å². The SMILES string of the molecule is CCOc1ccccc1C=CC(=O)NCCOc1ccccc1. The quantitative estimate of drug-likeness (QED) is 0.601. The molecule has 0 atom stereocenters. The molecule has 4 heteroatoms. The molecule has 2 aromatic rings. The molecule has 0 bridgehead atoms. The fourth-order valence-electron chi connectivity index (χ4n) is 1.99. The number of amides is 1. The van der Waals surface area contributed by atoms with Gasteiger partial charge >= 0.3 is 0 Å². The number of nitrogens with one attached hydrogen (secondary N) is 1. The first-order valence-corrected chi connectivity index (χ1v) is 7.65. The Labute approximate surface area is 136 Å². The lowest BCUT2D eigenvalue weighted by molar-refractivity contribution is -0.116. The Morgan fingerprint density at radius 2 is 1.78 bits per heavy atom. The Balaban J connectivity index is 1.76. The summed E-state index contributed by atoms with van der Waals surface area (Å²) in [6.45, 7) is 3.40. The first-order valence-electron chi connectivity index (χ1n) is 7.65. The zero-order valence-corrected chi connectivity index (χ0v) is 13.2. The van der Waals surface area contributed by atoms with Crippen molar-refractivity contribution in [2.24, 2.45) is 0 Å². The van der Waals surface area contributed by atoms with Gasteiger partial charge in [-0.05, 0) is 31.2 Å². The molecule has 0 saturated heterocycles. The fraction of sp³-hybridized carbons (Fsp3) is 0.211. The van der Waals surface area contributed by atoms with Crippen LogP contribution in [0.5, 0.6) is 11.5 Å². The van der Waals surface area contributed by atoms with Crippen molar-refractivity contribution in [3.63, 3.8) is 0 Å². The highest BCUT2D eigenvalue weighted by atomic mass is 16.5. The molecule has 0 heterocycles. The first-order chi connectivity index (χ1) is 11.3. The smallest absolute Gasteiger partial charge is 0.244 e. The van der Waals surface area contributed by atoms with Gasteiger partial charge in [0, 0.05) is 11.6 Å². The molecule has 0 aliphatic heterocycles. The predicted molar refractivity (Wildman–Crippen MR) is 91.6 cm³/mol. The van der Waals surface area contributed by atoms with E-state index in [-0.39, 0.29) is 5.91 Å². The van der Waals surface area contributed by atoms with Crippen LogP contribution in [-0.4, -0.2) is 25.7 Å². The topological polar surface area (TPSA) is 47.6 Å². The van der Waals surface area contributed by atoms with E-state index < -0.39 is 0 Å². The zero-order chi connectivity index (χ0) is 16.3. The van der Waals surface area contributed by atoms with Gasteiger partial charge in [0.05, 0.1) is 13.2 Å². The van der Waals surface area contributed by atoms with E-state index in [9.17, 15) is 4.79 Å². The largest absolute Gasteiger partial charge is 0.493 e. The molecule has 0 aromatic heterocycles. The van der Waals surface area contributed by atoms with Crippen LogP contribution < -0.4 is 14.8 Å². The third-order valence-electron chi connectivity index (χ3n) is 3.05. The molecule has 0 unspecified atom stereocenters. The monoisotopic (exact) mass is 311 g/mol. The number of rotatable bonds is 8. The van der Waals surface area contributed by atoms with Gasteiger partial charge < -0.3 is 14.8 Å². The maximum absolute atomic E-state index is 11.8. The molecule has 23 heavy (non-hydrogen) atoms. The van der Waals surface area contributed by atoms with Gasteiger partial charge in [0.1, 0.15) is 18.1 Å². The summed E-state index contributed by atoms with van der Waals surface area (Å²) in [5.74, 6) is 1.40. The third kappa shape index (κ3) is 5.87. The van der Waals surface area contributed by atoms with Crippen molar-refractivity contribution in [2.45, 2.75) is 6.92 Å². The number of ether oxygens (including phenoxy) is 2. The summed E-state index contributed by atoms with van der Waals surface area (Å²) in [6, 6.07) is 17.1. The lowest BCUT2D eigenvalue weighted by atomic mass is 10.2. The predicted octanol–water partition coefficient (Wildman–Crippen LogP) is 3.29. The average molecular weight is 311 g/mol. The van der Waals surface area contributed by atoms with E-state index in [4.69, 9.17) is 9.47 Å². The van der Waals surface area contributed by atoms with Crippen LogP contribution in [0.4, 0.5) is 0 Å². The second-order valence-electron chi connectivity index (χ2n) is 4.76. The number of carbonyl (C=O) groups is 1. The van der Waals surface area contributed by atoms with Crippen molar-refractivity contribution < 1.29 is 14.3 Å². The summed E-state index contributed by atoms with van der Waals surface area (Å²) in [6.07, 6.45) is 3.25. The molecule has 120 valence electrons. The van der Waals surface area contributed by atoms with Gasteiger partial charge in [-0.25, -0.2) is 0 Å². The maximum atomic E-state index is 11.8. The Bertz CT molecular complexity index is 638. The van der Waals surface area contributed by atoms with Crippen LogP contribution in [0.15, 0.2) is 60.7 Å². The molecule has 1 amide bonds. The summed E-state index contributed by atoms with van der Waals surface area (Å²) in [4.78, 5) is 11.8. The van der Waals surface area contributed by atoms with Crippen LogP contribution >= 0.6 is 0 Å². The highest BCUT2D eigenvalue weighted by molar-refractivity contribution is 5.92. The molecule has 0 radical (unpaired) electrons. The summed E-state index contributed by atoms with van der Waals surface area (Å²) in [7, 11) is 0. The van der Waals surface area contributed by atoms with Gasteiger partial charge in [-0.1, -0.05) is 36.4 Å². The molecule has 2 rings (SSSR count). The number of hydrogen-bond donors (Lipinski definition) is 1. The van der Waals surface area contributed by atoms with Gasteiger partial charge in [0.15, 0.2) is 0 Å². The second-order valence-corrected chi connectivity index (χ2v) is 4.76. The highest BCUT2D eigenvalue weighted by Crippen LogP contribution is 2.19. The van der Waals surface area contributed by atoms with Crippen LogP contribution in [0, 0.1) is 0 Å². The molecule has 2 aromatic carbocycles. The van der Waals surface area contributed by atoms with E-state index in [1.165, 1.54) is 6.08 Å². The van der Waals surface area contributed by atoms with Crippen LogP contribution in [0.1, 0.15) is 12.5 Å². The van der Waals surface area contributed by atoms with E-state index >= 15 is 0 Å². The Kier molecular flexibility index (Phi) is 6.72. The van der Waals surface area contributed by atoms with E-state index in [2.05, 4.69) is 5.32 Å². The molecular formula is C19H21NO3. The fourth-order valence-corrected chi connectivity index (χ4v) is 1.99.